The third-order valence-electron chi connectivity index (χ3n) is 3.50. The molecule has 2 nitrogen and oxygen atoms in total. The zero-order chi connectivity index (χ0) is 15.0. The van der Waals surface area contributed by atoms with E-state index in [1.54, 1.807) is 0 Å². The summed E-state index contributed by atoms with van der Waals surface area (Å²) in [6.07, 6.45) is 4.11. The first-order valence-electron chi connectivity index (χ1n) is 7.65. The Bertz CT molecular complexity index is 390. The molecular formula is C18H29NO. The minimum atomic E-state index is 0.611. The molecule has 1 aromatic rings. The normalized spacial score (nSPS) is 11.3. The van der Waals surface area contributed by atoms with Gasteiger partial charge in [0.05, 0.1) is 6.61 Å². The SMILES string of the molecule is C=Cc1cccc(OCCCCN(C(C)C)C(C)C)c1. The molecule has 112 valence electrons. The van der Waals surface area contributed by atoms with E-state index < -0.39 is 0 Å². The highest BCUT2D eigenvalue weighted by Gasteiger charge is 2.12. The van der Waals surface area contributed by atoms with Crippen LogP contribution >= 0.6 is 0 Å². The topological polar surface area (TPSA) is 12.5 Å². The van der Waals surface area contributed by atoms with E-state index in [9.17, 15) is 0 Å². The minimum Gasteiger partial charge on any atom is -0.494 e. The Balaban J connectivity index is 2.26. The van der Waals surface area contributed by atoms with Gasteiger partial charge in [-0.05, 0) is 64.8 Å². The summed E-state index contributed by atoms with van der Waals surface area (Å²) in [6.45, 7) is 14.7. The molecule has 0 radical (unpaired) electrons. The first kappa shape index (κ1) is 16.8. The fourth-order valence-corrected chi connectivity index (χ4v) is 2.43. The fraction of sp³-hybridized carbons (Fsp3) is 0.556. The van der Waals surface area contributed by atoms with E-state index in [-0.39, 0.29) is 0 Å². The molecule has 1 rings (SSSR count). The summed E-state index contributed by atoms with van der Waals surface area (Å²) in [7, 11) is 0. The maximum absolute atomic E-state index is 5.78. The van der Waals surface area contributed by atoms with Crippen molar-refractivity contribution in [3.05, 3.63) is 36.4 Å². The van der Waals surface area contributed by atoms with Crippen LogP contribution in [0.15, 0.2) is 30.8 Å². The highest BCUT2D eigenvalue weighted by molar-refractivity contribution is 5.49. The Labute approximate surface area is 124 Å². The molecule has 0 amide bonds. The van der Waals surface area contributed by atoms with Gasteiger partial charge in [0.1, 0.15) is 5.75 Å². The van der Waals surface area contributed by atoms with Crippen LogP contribution in [0.4, 0.5) is 0 Å². The van der Waals surface area contributed by atoms with E-state index in [1.165, 1.54) is 6.42 Å². The van der Waals surface area contributed by atoms with Crippen LogP contribution in [0.25, 0.3) is 6.08 Å². The van der Waals surface area contributed by atoms with Gasteiger partial charge in [0.2, 0.25) is 0 Å². The van der Waals surface area contributed by atoms with Crippen LogP contribution < -0.4 is 4.74 Å². The van der Waals surface area contributed by atoms with Crippen molar-refractivity contribution in [3.8, 4) is 5.75 Å². The molecule has 0 unspecified atom stereocenters. The number of rotatable bonds is 9. The van der Waals surface area contributed by atoms with Gasteiger partial charge in [-0.2, -0.15) is 0 Å². The fourth-order valence-electron chi connectivity index (χ4n) is 2.43. The Morgan fingerprint density at radius 3 is 2.45 bits per heavy atom. The Kier molecular flexibility index (Phi) is 7.38. The lowest BCUT2D eigenvalue weighted by Gasteiger charge is -2.30. The molecule has 0 aliphatic heterocycles. The van der Waals surface area contributed by atoms with Crippen LogP contribution in [0.3, 0.4) is 0 Å². The van der Waals surface area contributed by atoms with Gasteiger partial charge in [-0.25, -0.2) is 0 Å². The number of hydrogen-bond acceptors (Lipinski definition) is 2. The molecule has 0 atom stereocenters. The molecule has 0 aliphatic rings. The summed E-state index contributed by atoms with van der Waals surface area (Å²) >= 11 is 0. The van der Waals surface area contributed by atoms with Crippen molar-refractivity contribution < 1.29 is 4.74 Å². The van der Waals surface area contributed by atoms with Crippen LogP contribution in [0.5, 0.6) is 5.75 Å². The van der Waals surface area contributed by atoms with Crippen LogP contribution in [0.2, 0.25) is 0 Å². The molecule has 1 aromatic carbocycles. The van der Waals surface area contributed by atoms with Crippen LogP contribution in [-0.2, 0) is 0 Å². The van der Waals surface area contributed by atoms with Gasteiger partial charge in [0.25, 0.3) is 0 Å². The van der Waals surface area contributed by atoms with Gasteiger partial charge in [-0.3, -0.25) is 4.90 Å². The molecule has 0 aliphatic carbocycles. The average molecular weight is 275 g/mol. The predicted molar refractivity (Wildman–Crippen MR) is 88.2 cm³/mol. The molecule has 2 heteroatoms. The van der Waals surface area contributed by atoms with E-state index in [0.717, 1.165) is 30.9 Å². The van der Waals surface area contributed by atoms with Crippen molar-refractivity contribution >= 4 is 6.08 Å². The molecule has 0 saturated carbocycles. The van der Waals surface area contributed by atoms with Crippen LogP contribution in [-0.4, -0.2) is 30.1 Å². The first-order valence-corrected chi connectivity index (χ1v) is 7.65. The Morgan fingerprint density at radius 1 is 1.15 bits per heavy atom. The Morgan fingerprint density at radius 2 is 1.85 bits per heavy atom. The standard InChI is InChI=1S/C18H29NO/c1-6-17-10-9-11-18(14-17)20-13-8-7-12-19(15(2)3)16(4)5/h6,9-11,14-16H,1,7-8,12-13H2,2-5H3. The molecule has 20 heavy (non-hydrogen) atoms. The number of nitrogens with zero attached hydrogens (tertiary/aromatic N) is 1. The second-order valence-corrected chi connectivity index (χ2v) is 5.76. The molecule has 0 heterocycles. The molecule has 0 fully saturated rings. The van der Waals surface area contributed by atoms with E-state index >= 15 is 0 Å². The zero-order valence-corrected chi connectivity index (χ0v) is 13.4. The van der Waals surface area contributed by atoms with Crippen molar-refractivity contribution in [2.45, 2.75) is 52.6 Å². The van der Waals surface area contributed by atoms with E-state index in [2.05, 4.69) is 39.2 Å². The summed E-state index contributed by atoms with van der Waals surface area (Å²) in [5.74, 6) is 0.937. The minimum absolute atomic E-state index is 0.611. The largest absolute Gasteiger partial charge is 0.494 e. The zero-order valence-electron chi connectivity index (χ0n) is 13.4. The van der Waals surface area contributed by atoms with Gasteiger partial charge in [-0.1, -0.05) is 24.8 Å². The van der Waals surface area contributed by atoms with Crippen molar-refractivity contribution in [3.63, 3.8) is 0 Å². The molecule has 0 spiro atoms. The highest BCUT2D eigenvalue weighted by atomic mass is 16.5. The summed E-state index contributed by atoms with van der Waals surface area (Å²) in [5, 5.41) is 0. The van der Waals surface area contributed by atoms with Crippen molar-refractivity contribution in [1.29, 1.82) is 0 Å². The van der Waals surface area contributed by atoms with Gasteiger partial charge in [-0.15, -0.1) is 0 Å². The van der Waals surface area contributed by atoms with Gasteiger partial charge < -0.3 is 4.74 Å². The second-order valence-electron chi connectivity index (χ2n) is 5.76. The number of ether oxygens (including phenoxy) is 1. The number of unbranched alkanes of at least 4 members (excludes halogenated alkanes) is 1. The highest BCUT2D eigenvalue weighted by Crippen LogP contribution is 2.14. The smallest absolute Gasteiger partial charge is 0.119 e. The molecule has 0 bridgehead atoms. The first-order chi connectivity index (χ1) is 9.54. The maximum Gasteiger partial charge on any atom is 0.119 e. The third-order valence-corrected chi connectivity index (χ3v) is 3.50. The molecule has 0 aromatic heterocycles. The lowest BCUT2D eigenvalue weighted by atomic mass is 10.2. The second kappa shape index (κ2) is 8.80. The monoisotopic (exact) mass is 275 g/mol. The summed E-state index contributed by atoms with van der Waals surface area (Å²) in [5.41, 5.74) is 1.10. The van der Waals surface area contributed by atoms with E-state index in [0.29, 0.717) is 12.1 Å². The Hall–Kier alpha value is -1.28. The van der Waals surface area contributed by atoms with Crippen molar-refractivity contribution in [2.24, 2.45) is 0 Å². The number of hydrogen-bond donors (Lipinski definition) is 0. The van der Waals surface area contributed by atoms with Crippen LogP contribution in [0.1, 0.15) is 46.1 Å². The lowest BCUT2D eigenvalue weighted by Crippen LogP contribution is -2.37. The maximum atomic E-state index is 5.78. The summed E-state index contributed by atoms with van der Waals surface area (Å²) in [4.78, 5) is 2.53. The molecular weight excluding hydrogens is 246 g/mol. The van der Waals surface area contributed by atoms with E-state index in [1.807, 2.05) is 30.3 Å². The quantitative estimate of drug-likeness (QED) is 0.610. The lowest BCUT2D eigenvalue weighted by molar-refractivity contribution is 0.167. The predicted octanol–water partition coefficient (Wildman–Crippen LogP) is 4.61. The van der Waals surface area contributed by atoms with Crippen molar-refractivity contribution in [1.82, 2.24) is 4.90 Å². The van der Waals surface area contributed by atoms with E-state index in [4.69, 9.17) is 4.74 Å². The third kappa shape index (κ3) is 5.79. The van der Waals surface area contributed by atoms with Crippen molar-refractivity contribution in [2.75, 3.05) is 13.2 Å². The summed E-state index contributed by atoms with van der Waals surface area (Å²) in [6, 6.07) is 9.29. The van der Waals surface area contributed by atoms with Gasteiger partial charge >= 0.3 is 0 Å². The van der Waals surface area contributed by atoms with Gasteiger partial charge in [0.15, 0.2) is 0 Å². The molecule has 0 N–H and O–H groups in total. The average Bonchev–Trinajstić information content (AvgIpc) is 2.42. The van der Waals surface area contributed by atoms with Crippen LogP contribution in [0, 0.1) is 0 Å². The molecule has 0 saturated heterocycles. The number of benzene rings is 1. The summed E-state index contributed by atoms with van der Waals surface area (Å²) < 4.78 is 5.78. The van der Waals surface area contributed by atoms with Gasteiger partial charge in [0, 0.05) is 12.1 Å².